The molecule has 0 aliphatic heterocycles. The third-order valence-corrected chi connectivity index (χ3v) is 5.55. The van der Waals surface area contributed by atoms with Crippen LogP contribution in [0.5, 0.6) is 0 Å². The van der Waals surface area contributed by atoms with E-state index < -0.39 is 31.3 Å². The molecule has 0 radical (unpaired) electrons. The quantitative estimate of drug-likeness (QED) is 0.740. The van der Waals surface area contributed by atoms with E-state index in [-0.39, 0.29) is 6.42 Å². The molecule has 102 valence electrons. The van der Waals surface area contributed by atoms with Crippen LogP contribution in [0.15, 0.2) is 0 Å². The van der Waals surface area contributed by atoms with Gasteiger partial charge in [0.25, 0.3) is 0 Å². The Hall–Kier alpha value is -0.0600. The maximum atomic E-state index is 12.5. The fourth-order valence-electron chi connectivity index (χ4n) is 2.92. The molecule has 0 bridgehead atoms. The maximum Gasteiger partial charge on any atom is 0.390 e. The number of alkyl halides is 3. The van der Waals surface area contributed by atoms with Gasteiger partial charge in [0.05, 0.1) is 6.42 Å². The highest BCUT2D eigenvalue weighted by molar-refractivity contribution is 7.50. The van der Waals surface area contributed by atoms with Crippen molar-refractivity contribution in [1.82, 2.24) is 0 Å². The van der Waals surface area contributed by atoms with Crippen molar-refractivity contribution in [2.45, 2.75) is 56.8 Å². The summed E-state index contributed by atoms with van der Waals surface area (Å²) >= 11 is 0. The number of hydrogen-bond acceptors (Lipinski definition) is 3. The van der Waals surface area contributed by atoms with Crippen molar-refractivity contribution in [2.24, 2.45) is 5.92 Å². The minimum absolute atomic E-state index is 0.157. The van der Waals surface area contributed by atoms with Gasteiger partial charge in [-0.25, -0.2) is 0 Å². The Bertz CT molecular complexity index is 312. The van der Waals surface area contributed by atoms with Gasteiger partial charge in [-0.3, -0.25) is 0 Å². The van der Waals surface area contributed by atoms with Gasteiger partial charge in [-0.15, -0.1) is 0 Å². The van der Waals surface area contributed by atoms with Gasteiger partial charge in [0.15, 0.2) is 0 Å². The van der Waals surface area contributed by atoms with Gasteiger partial charge >= 0.3 is 6.18 Å². The topological polar surface area (TPSA) is 63.2 Å². The Morgan fingerprint density at radius 2 is 1.94 bits per heavy atom. The Balaban J connectivity index is 3.12. The summed E-state index contributed by atoms with van der Waals surface area (Å²) in [6.07, 6.45) is -4.52. The van der Waals surface area contributed by atoms with Crippen LogP contribution in [-0.4, -0.2) is 11.3 Å². The normalized spacial score (nSPS) is 31.5. The second-order valence-electron chi connectivity index (χ2n) is 4.74. The Morgan fingerprint density at radius 3 is 2.35 bits per heavy atom. The van der Waals surface area contributed by atoms with Crippen LogP contribution >= 0.6 is 7.60 Å². The first-order valence-electron chi connectivity index (χ1n) is 5.71. The van der Waals surface area contributed by atoms with Crippen LogP contribution in [0.4, 0.5) is 13.2 Å². The van der Waals surface area contributed by atoms with E-state index in [0.29, 0.717) is 25.7 Å². The van der Waals surface area contributed by atoms with Gasteiger partial charge in [-0.05, 0) is 18.8 Å². The summed E-state index contributed by atoms with van der Waals surface area (Å²) in [7, 11) is -5.26. The molecule has 0 spiro atoms. The van der Waals surface area contributed by atoms with Gasteiger partial charge < -0.3 is 14.4 Å². The molecule has 0 aromatic rings. The van der Waals surface area contributed by atoms with Crippen molar-refractivity contribution in [3.63, 3.8) is 0 Å². The highest BCUT2D eigenvalue weighted by Gasteiger charge is 2.49. The van der Waals surface area contributed by atoms with Crippen molar-refractivity contribution in [3.8, 4) is 0 Å². The first kappa shape index (κ1) is 15.0. The molecule has 2 atom stereocenters. The third-order valence-electron chi connectivity index (χ3n) is 3.72. The minimum atomic E-state index is -5.26. The molecular formula is C10H16F3O3P-2. The van der Waals surface area contributed by atoms with E-state index in [0.717, 1.165) is 0 Å². The van der Waals surface area contributed by atoms with Crippen molar-refractivity contribution in [3.05, 3.63) is 0 Å². The highest BCUT2D eigenvalue weighted by Crippen LogP contribution is 2.59. The molecule has 0 aromatic heterocycles. The predicted molar refractivity (Wildman–Crippen MR) is 53.3 cm³/mol. The monoisotopic (exact) mass is 272 g/mol. The summed E-state index contributed by atoms with van der Waals surface area (Å²) in [4.78, 5) is 22.7. The molecular weight excluding hydrogens is 256 g/mol. The number of hydrogen-bond donors (Lipinski definition) is 0. The summed E-state index contributed by atoms with van der Waals surface area (Å²) < 4.78 is 48.9. The molecule has 7 heteroatoms. The molecule has 0 N–H and O–H groups in total. The third kappa shape index (κ3) is 3.24. The molecule has 0 heterocycles. The molecule has 1 aliphatic carbocycles. The molecule has 2 unspecified atom stereocenters. The summed E-state index contributed by atoms with van der Waals surface area (Å²) in [6.45, 7) is 1.64. The molecule has 1 saturated carbocycles. The van der Waals surface area contributed by atoms with Crippen LogP contribution in [0.3, 0.4) is 0 Å². The lowest BCUT2D eigenvalue weighted by Gasteiger charge is -2.56. The van der Waals surface area contributed by atoms with Gasteiger partial charge in [0, 0.05) is 5.16 Å². The molecule has 17 heavy (non-hydrogen) atoms. The minimum Gasteiger partial charge on any atom is -0.810 e. The molecule has 0 aromatic carbocycles. The molecule has 1 rings (SSSR count). The molecule has 0 saturated heterocycles. The predicted octanol–water partition coefficient (Wildman–Crippen LogP) is 2.19. The summed E-state index contributed by atoms with van der Waals surface area (Å²) in [6, 6.07) is 0. The lowest BCUT2D eigenvalue weighted by Crippen LogP contribution is -2.49. The van der Waals surface area contributed by atoms with Crippen molar-refractivity contribution in [2.75, 3.05) is 0 Å². The van der Waals surface area contributed by atoms with Gasteiger partial charge in [-0.1, -0.05) is 33.8 Å². The SMILES string of the molecule is CCC1CCCCC1(CC(F)(F)F)P(=O)([O-])[O-]. The Morgan fingerprint density at radius 1 is 1.35 bits per heavy atom. The summed E-state index contributed by atoms with van der Waals surface area (Å²) in [5.41, 5.74) is 0. The van der Waals surface area contributed by atoms with E-state index in [9.17, 15) is 27.5 Å². The summed E-state index contributed by atoms with van der Waals surface area (Å²) in [5, 5.41) is -2.11. The molecule has 1 fully saturated rings. The first-order chi connectivity index (χ1) is 7.62. The van der Waals surface area contributed by atoms with Crippen LogP contribution < -0.4 is 9.79 Å². The van der Waals surface area contributed by atoms with Crippen molar-refractivity contribution < 1.29 is 27.5 Å². The largest absolute Gasteiger partial charge is 0.810 e. The van der Waals surface area contributed by atoms with Crippen LogP contribution in [-0.2, 0) is 4.57 Å². The lowest BCUT2D eigenvalue weighted by atomic mass is 9.75. The van der Waals surface area contributed by atoms with E-state index in [1.54, 1.807) is 6.92 Å². The first-order valence-corrected chi connectivity index (χ1v) is 7.25. The number of rotatable bonds is 3. The van der Waals surface area contributed by atoms with Crippen LogP contribution in [0.2, 0.25) is 0 Å². The average Bonchev–Trinajstić information content (AvgIpc) is 2.14. The van der Waals surface area contributed by atoms with Crippen LogP contribution in [0.25, 0.3) is 0 Å². The molecule has 1 aliphatic rings. The second-order valence-corrected chi connectivity index (χ2v) is 6.63. The van der Waals surface area contributed by atoms with Gasteiger partial charge in [0.2, 0.25) is 0 Å². The fourth-order valence-corrected chi connectivity index (χ4v) is 4.48. The zero-order valence-electron chi connectivity index (χ0n) is 9.63. The van der Waals surface area contributed by atoms with E-state index in [1.165, 1.54) is 0 Å². The van der Waals surface area contributed by atoms with E-state index in [4.69, 9.17) is 0 Å². The fraction of sp³-hybridized carbons (Fsp3) is 1.00. The van der Waals surface area contributed by atoms with Crippen molar-refractivity contribution in [1.29, 1.82) is 0 Å². The second kappa shape index (κ2) is 4.90. The average molecular weight is 272 g/mol. The zero-order chi connectivity index (χ0) is 13.3. The Labute approximate surface area is 98.6 Å². The maximum absolute atomic E-state index is 12.5. The summed E-state index contributed by atoms with van der Waals surface area (Å²) in [5.74, 6) is -0.668. The van der Waals surface area contributed by atoms with Gasteiger partial charge in [0.1, 0.15) is 0 Å². The number of halogens is 3. The van der Waals surface area contributed by atoms with Crippen LogP contribution in [0, 0.1) is 5.92 Å². The van der Waals surface area contributed by atoms with Gasteiger partial charge in [-0.2, -0.15) is 13.2 Å². The van der Waals surface area contributed by atoms with E-state index in [1.807, 2.05) is 0 Å². The highest BCUT2D eigenvalue weighted by atomic mass is 31.2. The molecule has 0 amide bonds. The lowest BCUT2D eigenvalue weighted by molar-refractivity contribution is -0.326. The van der Waals surface area contributed by atoms with E-state index in [2.05, 4.69) is 0 Å². The Kier molecular flexibility index (Phi) is 4.33. The van der Waals surface area contributed by atoms with E-state index >= 15 is 0 Å². The van der Waals surface area contributed by atoms with Crippen LogP contribution in [0.1, 0.15) is 45.4 Å². The smallest absolute Gasteiger partial charge is 0.390 e. The van der Waals surface area contributed by atoms with Crippen molar-refractivity contribution >= 4 is 7.60 Å². The zero-order valence-corrected chi connectivity index (χ0v) is 10.5. The standard InChI is InChI=1S/C10H18F3O3P/c1-2-8-5-3-4-6-9(8,17(14,15)16)7-10(11,12)13/h8H,2-7H2,1H3,(H2,14,15,16)/p-2. The molecule has 3 nitrogen and oxygen atoms in total.